The van der Waals surface area contributed by atoms with Crippen molar-refractivity contribution >= 4 is 65.4 Å². The molecule has 11 aromatic carbocycles. The van der Waals surface area contributed by atoms with Crippen LogP contribution < -0.4 is 0 Å². The Morgan fingerprint density at radius 2 is 0.493 bits per heavy atom. The molecule has 3 heterocycles. The second kappa shape index (κ2) is 15.7. The average molecular weight is 878 g/mol. The Balaban J connectivity index is 0.905. The number of hydrogen-bond acceptors (Lipinski definition) is 0. The number of benzene rings is 11. The lowest BCUT2D eigenvalue weighted by molar-refractivity contribution is 1.17. The molecule has 0 unspecified atom stereocenters. The summed E-state index contributed by atoms with van der Waals surface area (Å²) in [4.78, 5) is 0. The molecule has 0 amide bonds. The van der Waals surface area contributed by atoms with Gasteiger partial charge in [-0.2, -0.15) is 0 Å². The third-order valence-corrected chi connectivity index (χ3v) is 14.2. The summed E-state index contributed by atoms with van der Waals surface area (Å²) in [6, 6.07) is 95.5. The molecule has 3 heteroatoms. The Bertz CT molecular complexity index is 4230. The summed E-state index contributed by atoms with van der Waals surface area (Å²) < 4.78 is 7.31. The van der Waals surface area contributed by atoms with Gasteiger partial charge in [0.05, 0.1) is 33.1 Å². The van der Waals surface area contributed by atoms with E-state index in [0.29, 0.717) is 0 Å². The van der Waals surface area contributed by atoms with E-state index >= 15 is 0 Å². The van der Waals surface area contributed by atoms with Crippen LogP contribution in [0, 0.1) is 0 Å². The zero-order valence-electron chi connectivity index (χ0n) is 37.7. The largest absolute Gasteiger partial charge is 0.309 e. The summed E-state index contributed by atoms with van der Waals surface area (Å²) >= 11 is 0. The van der Waals surface area contributed by atoms with Gasteiger partial charge in [-0.05, 0) is 136 Å². The minimum Gasteiger partial charge on any atom is -0.309 e. The lowest BCUT2D eigenvalue weighted by Gasteiger charge is -2.14. The zero-order valence-corrected chi connectivity index (χ0v) is 37.7. The summed E-state index contributed by atoms with van der Waals surface area (Å²) in [6.07, 6.45) is 0. The Morgan fingerprint density at radius 3 is 0.986 bits per heavy atom. The highest BCUT2D eigenvalue weighted by atomic mass is 15.0. The van der Waals surface area contributed by atoms with E-state index < -0.39 is 0 Å². The molecule has 3 aromatic heterocycles. The van der Waals surface area contributed by atoms with Gasteiger partial charge in [0.2, 0.25) is 0 Å². The molecular weight excluding hydrogens is 835 g/mol. The molecule has 0 aliphatic rings. The van der Waals surface area contributed by atoms with Crippen LogP contribution in [0.25, 0.3) is 127 Å². The molecule has 0 atom stereocenters. The van der Waals surface area contributed by atoms with Crippen molar-refractivity contribution < 1.29 is 0 Å². The van der Waals surface area contributed by atoms with Crippen molar-refractivity contribution in [2.24, 2.45) is 0 Å². The molecule has 0 saturated carbocycles. The van der Waals surface area contributed by atoms with Gasteiger partial charge in [0.25, 0.3) is 0 Å². The number of rotatable bonds is 7. The molecule has 0 aliphatic heterocycles. The number of aromatic nitrogens is 3. The summed E-state index contributed by atoms with van der Waals surface area (Å²) in [5, 5.41) is 7.40. The van der Waals surface area contributed by atoms with E-state index in [-0.39, 0.29) is 0 Å². The van der Waals surface area contributed by atoms with Gasteiger partial charge in [-0.3, -0.25) is 0 Å². The average Bonchev–Trinajstić information content (AvgIpc) is 4.06. The molecule has 0 spiro atoms. The third-order valence-electron chi connectivity index (χ3n) is 14.2. The number of nitrogens with zero attached hydrogens (tertiary/aromatic N) is 3. The molecule has 14 aromatic rings. The van der Waals surface area contributed by atoms with E-state index in [1.807, 2.05) is 0 Å². The van der Waals surface area contributed by atoms with Gasteiger partial charge in [0, 0.05) is 49.4 Å². The van der Waals surface area contributed by atoms with E-state index in [0.717, 1.165) is 17.1 Å². The molecule has 0 bridgehead atoms. The zero-order chi connectivity index (χ0) is 45.4. The fourth-order valence-electron chi connectivity index (χ4n) is 11.0. The van der Waals surface area contributed by atoms with Crippen molar-refractivity contribution in [3.63, 3.8) is 0 Å². The van der Waals surface area contributed by atoms with Crippen LogP contribution in [0.5, 0.6) is 0 Å². The van der Waals surface area contributed by atoms with Crippen molar-refractivity contribution in [2.45, 2.75) is 0 Å². The highest BCUT2D eigenvalue weighted by molar-refractivity contribution is 6.14. The van der Waals surface area contributed by atoms with Crippen molar-refractivity contribution in [1.29, 1.82) is 0 Å². The number of para-hydroxylation sites is 3. The maximum Gasteiger partial charge on any atom is 0.0542 e. The second-order valence-corrected chi connectivity index (χ2v) is 18.1. The van der Waals surface area contributed by atoms with Gasteiger partial charge < -0.3 is 13.7 Å². The van der Waals surface area contributed by atoms with E-state index in [2.05, 4.69) is 275 Å². The van der Waals surface area contributed by atoms with E-state index in [1.165, 1.54) is 110 Å². The summed E-state index contributed by atoms with van der Waals surface area (Å²) in [5.74, 6) is 0. The third kappa shape index (κ3) is 6.36. The van der Waals surface area contributed by atoms with Crippen LogP contribution in [-0.4, -0.2) is 13.7 Å². The summed E-state index contributed by atoms with van der Waals surface area (Å²) in [7, 11) is 0. The van der Waals surface area contributed by atoms with Crippen LogP contribution in [0.4, 0.5) is 0 Å². The summed E-state index contributed by atoms with van der Waals surface area (Å²) in [6.45, 7) is 0. The normalized spacial score (nSPS) is 11.8. The predicted molar refractivity (Wildman–Crippen MR) is 291 cm³/mol. The fraction of sp³-hybridized carbons (Fsp3) is 0. The Kier molecular flexibility index (Phi) is 8.90. The second-order valence-electron chi connectivity index (χ2n) is 18.1. The quantitative estimate of drug-likeness (QED) is 0.152. The van der Waals surface area contributed by atoms with Crippen LogP contribution in [0.2, 0.25) is 0 Å². The van der Waals surface area contributed by atoms with Gasteiger partial charge in [0.1, 0.15) is 0 Å². The van der Waals surface area contributed by atoms with E-state index in [4.69, 9.17) is 0 Å². The molecule has 14 rings (SSSR count). The first-order valence-electron chi connectivity index (χ1n) is 23.7. The predicted octanol–water partition coefficient (Wildman–Crippen LogP) is 17.6. The Labute approximate surface area is 399 Å². The monoisotopic (exact) mass is 877 g/mol. The minimum atomic E-state index is 1.14. The SMILES string of the molecule is c1ccc(-c2cccc(-n3c4ccccc4c4cc(-c5ccc6c(c5)c5ccccc5n6-c5ccc6c(c5)c5ccccc5n6-c5cc(-c6ccccc6)cc(-c6ccccc6)c5)ccc43)c2)cc1. The molecular formula is C66H43N3. The van der Waals surface area contributed by atoms with Gasteiger partial charge in [0.15, 0.2) is 0 Å². The van der Waals surface area contributed by atoms with Gasteiger partial charge in [-0.25, -0.2) is 0 Å². The molecule has 322 valence electrons. The fourth-order valence-corrected chi connectivity index (χ4v) is 11.0. The molecule has 0 saturated heterocycles. The maximum atomic E-state index is 2.45. The molecule has 0 radical (unpaired) electrons. The lowest BCUT2D eigenvalue weighted by atomic mass is 9.98. The molecule has 0 fully saturated rings. The van der Waals surface area contributed by atoms with Crippen LogP contribution in [0.3, 0.4) is 0 Å². The highest BCUT2D eigenvalue weighted by Gasteiger charge is 2.19. The molecule has 3 nitrogen and oxygen atoms in total. The van der Waals surface area contributed by atoms with Gasteiger partial charge >= 0.3 is 0 Å². The molecule has 0 N–H and O–H groups in total. The topological polar surface area (TPSA) is 14.8 Å². The lowest BCUT2D eigenvalue weighted by Crippen LogP contribution is -1.97. The van der Waals surface area contributed by atoms with Crippen LogP contribution in [0.15, 0.2) is 261 Å². The first kappa shape index (κ1) is 39.0. The van der Waals surface area contributed by atoms with Crippen LogP contribution >= 0.6 is 0 Å². The number of fused-ring (bicyclic) bond motifs is 9. The Morgan fingerprint density at radius 1 is 0.159 bits per heavy atom. The van der Waals surface area contributed by atoms with Crippen molar-refractivity contribution in [1.82, 2.24) is 13.7 Å². The minimum absolute atomic E-state index is 1.14. The Hall–Kier alpha value is -9.18. The van der Waals surface area contributed by atoms with Crippen molar-refractivity contribution in [2.75, 3.05) is 0 Å². The van der Waals surface area contributed by atoms with E-state index in [9.17, 15) is 0 Å². The van der Waals surface area contributed by atoms with Gasteiger partial charge in [-0.15, -0.1) is 0 Å². The highest BCUT2D eigenvalue weighted by Crippen LogP contribution is 2.41. The van der Waals surface area contributed by atoms with Gasteiger partial charge in [-0.1, -0.05) is 170 Å². The standard InChI is InChI=1S/C66H43N3/c1-4-17-44(18-5-1)47-23-16-24-52(38-47)67-61-28-13-10-25-55(61)58-41-48(31-34-64(58)67)49-32-35-65-59(42-49)56-26-11-14-29-62(56)68(65)53-33-36-66-60(43-53)57-27-12-15-30-63(57)69(66)54-39-50(45-19-6-2-7-20-45)37-51(40-54)46-21-8-3-9-22-46/h1-43H. The van der Waals surface area contributed by atoms with E-state index in [1.54, 1.807) is 0 Å². The maximum absolute atomic E-state index is 2.45. The van der Waals surface area contributed by atoms with Crippen molar-refractivity contribution in [3.05, 3.63) is 261 Å². The molecule has 69 heavy (non-hydrogen) atoms. The molecule has 0 aliphatic carbocycles. The smallest absolute Gasteiger partial charge is 0.0542 e. The first-order valence-corrected chi connectivity index (χ1v) is 23.7. The van der Waals surface area contributed by atoms with Crippen LogP contribution in [-0.2, 0) is 0 Å². The first-order chi connectivity index (χ1) is 34.2. The van der Waals surface area contributed by atoms with Crippen LogP contribution in [0.1, 0.15) is 0 Å². The van der Waals surface area contributed by atoms with Crippen molar-refractivity contribution in [3.8, 4) is 61.6 Å². The number of hydrogen-bond donors (Lipinski definition) is 0. The summed E-state index contributed by atoms with van der Waals surface area (Å²) in [5.41, 5.74) is 20.1.